The molecule has 19 heavy (non-hydrogen) atoms. The van der Waals surface area contributed by atoms with Crippen LogP contribution in [0.2, 0.25) is 0 Å². The molecule has 0 unspecified atom stereocenters. The van der Waals surface area contributed by atoms with Crippen molar-refractivity contribution in [2.24, 2.45) is 0 Å². The van der Waals surface area contributed by atoms with E-state index < -0.39 is 21.6 Å². The summed E-state index contributed by atoms with van der Waals surface area (Å²) in [6.45, 7) is 1.63. The second-order valence-corrected chi connectivity index (χ2v) is 6.44. The van der Waals surface area contributed by atoms with Crippen LogP contribution in [0.3, 0.4) is 0 Å². The first-order chi connectivity index (χ1) is 8.65. The van der Waals surface area contributed by atoms with E-state index in [9.17, 15) is 21.6 Å². The smallest absolute Gasteiger partial charge is 0.397 e. The molecule has 1 aromatic carbocycles. The largest absolute Gasteiger partial charge is 0.416 e. The first-order valence-electron chi connectivity index (χ1n) is 5.56. The summed E-state index contributed by atoms with van der Waals surface area (Å²) in [5.74, 6) is -0.0683. The van der Waals surface area contributed by atoms with Crippen molar-refractivity contribution >= 4 is 21.2 Å². The summed E-state index contributed by atoms with van der Waals surface area (Å²) < 4.78 is 59.7. The van der Waals surface area contributed by atoms with Crippen molar-refractivity contribution in [3.63, 3.8) is 0 Å². The molecule has 0 fully saturated rings. The Hall–Kier alpha value is -1.44. The van der Waals surface area contributed by atoms with E-state index in [1.165, 1.54) is 13.0 Å². The molecule has 0 heterocycles. The Morgan fingerprint density at radius 1 is 1.32 bits per heavy atom. The Morgan fingerprint density at radius 3 is 2.42 bits per heavy atom. The lowest BCUT2D eigenvalue weighted by Crippen LogP contribution is -2.18. The first kappa shape index (κ1) is 15.6. The predicted molar refractivity (Wildman–Crippen MR) is 68.7 cm³/mol. The van der Waals surface area contributed by atoms with Gasteiger partial charge in [0.25, 0.3) is 0 Å². The van der Waals surface area contributed by atoms with Gasteiger partial charge < -0.3 is 11.1 Å². The van der Waals surface area contributed by atoms with E-state index in [2.05, 4.69) is 5.32 Å². The Kier molecular flexibility index (Phi) is 4.67. The van der Waals surface area contributed by atoms with E-state index in [1.54, 1.807) is 0 Å². The molecule has 0 aromatic heterocycles. The monoisotopic (exact) mass is 296 g/mol. The number of rotatable bonds is 5. The number of nitrogen functional groups attached to an aromatic ring is 1. The lowest BCUT2D eigenvalue weighted by Gasteiger charge is -2.12. The maximum absolute atomic E-state index is 12.4. The molecule has 0 bridgehead atoms. The summed E-state index contributed by atoms with van der Waals surface area (Å²) >= 11 is 0. The molecule has 1 rings (SSSR count). The number of benzene rings is 1. The number of sulfone groups is 1. The maximum atomic E-state index is 12.4. The number of hydrogen-bond donors (Lipinski definition) is 2. The second-order valence-electron chi connectivity index (χ2n) is 3.96. The molecule has 0 aliphatic rings. The molecule has 4 nitrogen and oxygen atoms in total. The highest BCUT2D eigenvalue weighted by Gasteiger charge is 2.30. The third kappa shape index (κ3) is 4.62. The van der Waals surface area contributed by atoms with Crippen molar-refractivity contribution in [1.29, 1.82) is 0 Å². The van der Waals surface area contributed by atoms with Gasteiger partial charge in [-0.05, 0) is 18.2 Å². The van der Waals surface area contributed by atoms with Crippen LogP contribution in [0.15, 0.2) is 18.2 Å². The van der Waals surface area contributed by atoms with E-state index in [-0.39, 0.29) is 23.7 Å². The molecule has 1 aromatic rings. The van der Waals surface area contributed by atoms with Crippen molar-refractivity contribution in [2.45, 2.75) is 13.1 Å². The fraction of sp³-hybridized carbons (Fsp3) is 0.455. The summed E-state index contributed by atoms with van der Waals surface area (Å²) in [6, 6.07) is 2.90. The number of halogens is 3. The molecule has 0 radical (unpaired) electrons. The summed E-state index contributed by atoms with van der Waals surface area (Å²) in [4.78, 5) is 0. The Morgan fingerprint density at radius 2 is 1.95 bits per heavy atom. The van der Waals surface area contributed by atoms with Crippen LogP contribution in [-0.2, 0) is 16.0 Å². The van der Waals surface area contributed by atoms with E-state index in [0.717, 1.165) is 12.1 Å². The van der Waals surface area contributed by atoms with Gasteiger partial charge in [-0.15, -0.1) is 0 Å². The molecule has 0 aliphatic heterocycles. The van der Waals surface area contributed by atoms with Crippen LogP contribution in [0, 0.1) is 0 Å². The van der Waals surface area contributed by atoms with Crippen molar-refractivity contribution in [3.05, 3.63) is 23.8 Å². The fourth-order valence-corrected chi connectivity index (χ4v) is 2.09. The average molecular weight is 296 g/mol. The van der Waals surface area contributed by atoms with Crippen LogP contribution in [0.1, 0.15) is 12.5 Å². The minimum Gasteiger partial charge on any atom is -0.397 e. The summed E-state index contributed by atoms with van der Waals surface area (Å²) in [5, 5.41) is 2.71. The highest BCUT2D eigenvalue weighted by atomic mass is 32.2. The van der Waals surface area contributed by atoms with Crippen LogP contribution in [0.25, 0.3) is 0 Å². The predicted octanol–water partition coefficient (Wildman–Crippen LogP) is 2.13. The molecule has 0 amide bonds. The highest BCUT2D eigenvalue weighted by Crippen LogP contribution is 2.32. The number of nitrogens with two attached hydrogens (primary N) is 1. The van der Waals surface area contributed by atoms with Gasteiger partial charge in [0, 0.05) is 12.3 Å². The molecule has 0 atom stereocenters. The lowest BCUT2D eigenvalue weighted by atomic mass is 10.1. The molecule has 3 N–H and O–H groups in total. The zero-order chi connectivity index (χ0) is 14.7. The van der Waals surface area contributed by atoms with Gasteiger partial charge >= 0.3 is 6.18 Å². The minimum atomic E-state index is -4.45. The average Bonchev–Trinajstić information content (AvgIpc) is 2.30. The molecule has 0 saturated carbocycles. The van der Waals surface area contributed by atoms with Crippen molar-refractivity contribution in [1.82, 2.24) is 0 Å². The van der Waals surface area contributed by atoms with Gasteiger partial charge in [0.1, 0.15) is 0 Å². The van der Waals surface area contributed by atoms with Gasteiger partial charge in [0.05, 0.1) is 22.7 Å². The molecule has 0 spiro atoms. The summed E-state index contributed by atoms with van der Waals surface area (Å²) in [6.07, 6.45) is -4.45. The Labute approximate surface area is 109 Å². The topological polar surface area (TPSA) is 72.2 Å². The second kappa shape index (κ2) is 5.68. The van der Waals surface area contributed by atoms with Crippen LogP contribution in [0.4, 0.5) is 24.5 Å². The third-order valence-corrected chi connectivity index (χ3v) is 4.25. The SMILES string of the molecule is CCS(=O)(=O)CCNc1ccc(C(F)(F)F)cc1N. The van der Waals surface area contributed by atoms with Gasteiger partial charge in [-0.2, -0.15) is 13.2 Å². The summed E-state index contributed by atoms with van der Waals surface area (Å²) in [5.41, 5.74) is 4.88. The van der Waals surface area contributed by atoms with Gasteiger partial charge in [0.2, 0.25) is 0 Å². The molecular weight excluding hydrogens is 281 g/mol. The third-order valence-electron chi connectivity index (χ3n) is 2.55. The van der Waals surface area contributed by atoms with E-state index >= 15 is 0 Å². The normalized spacial score (nSPS) is 12.4. The van der Waals surface area contributed by atoms with Crippen LogP contribution >= 0.6 is 0 Å². The van der Waals surface area contributed by atoms with Crippen LogP contribution < -0.4 is 11.1 Å². The van der Waals surface area contributed by atoms with Crippen molar-refractivity contribution in [3.8, 4) is 0 Å². The van der Waals surface area contributed by atoms with E-state index in [1.807, 2.05) is 0 Å². The highest BCUT2D eigenvalue weighted by molar-refractivity contribution is 7.91. The Bertz CT molecular complexity index is 541. The number of nitrogens with one attached hydrogen (secondary N) is 1. The van der Waals surface area contributed by atoms with E-state index in [0.29, 0.717) is 5.69 Å². The zero-order valence-corrected chi connectivity index (χ0v) is 11.1. The zero-order valence-electron chi connectivity index (χ0n) is 10.3. The van der Waals surface area contributed by atoms with Crippen LogP contribution in [-0.4, -0.2) is 26.5 Å². The lowest BCUT2D eigenvalue weighted by molar-refractivity contribution is -0.137. The van der Waals surface area contributed by atoms with Gasteiger partial charge in [-0.3, -0.25) is 0 Å². The van der Waals surface area contributed by atoms with Gasteiger partial charge in [-0.25, -0.2) is 8.42 Å². The molecule has 108 valence electrons. The van der Waals surface area contributed by atoms with E-state index in [4.69, 9.17) is 5.73 Å². The van der Waals surface area contributed by atoms with Crippen molar-refractivity contribution < 1.29 is 21.6 Å². The Balaban J connectivity index is 2.71. The molecular formula is C11H15F3N2O2S. The number of hydrogen-bond acceptors (Lipinski definition) is 4. The maximum Gasteiger partial charge on any atom is 0.416 e. The van der Waals surface area contributed by atoms with Crippen molar-refractivity contribution in [2.75, 3.05) is 29.1 Å². The molecule has 0 saturated heterocycles. The molecule has 0 aliphatic carbocycles. The molecule has 8 heteroatoms. The number of alkyl halides is 3. The van der Waals surface area contributed by atoms with Gasteiger partial charge in [-0.1, -0.05) is 6.92 Å². The number of anilines is 2. The quantitative estimate of drug-likeness (QED) is 0.817. The van der Waals surface area contributed by atoms with Gasteiger partial charge in [0.15, 0.2) is 9.84 Å². The minimum absolute atomic E-state index is 0.0250. The summed E-state index contributed by atoms with van der Waals surface area (Å²) in [7, 11) is -3.12. The standard InChI is InChI=1S/C11H15F3N2O2S/c1-2-19(17,18)6-5-16-10-4-3-8(7-9(10)15)11(12,13)14/h3-4,7,16H,2,5-6,15H2,1H3. The first-order valence-corrected chi connectivity index (χ1v) is 7.39. The fourth-order valence-electron chi connectivity index (χ4n) is 1.39. The van der Waals surface area contributed by atoms with Crippen LogP contribution in [0.5, 0.6) is 0 Å².